The topological polar surface area (TPSA) is 47.1 Å². The third-order valence-electron chi connectivity index (χ3n) is 2.80. The molecule has 1 heterocycles. The van der Waals surface area contributed by atoms with E-state index in [1.54, 1.807) is 4.68 Å². The standard InChI is InChI=1S/C13H18N4/c1-16(9-11-6-4-3-5-7-11)10-12-8-15-17(2)13(12)14/h3-8H,9-10,14H2,1-2H3. The smallest absolute Gasteiger partial charge is 0.125 e. The van der Waals surface area contributed by atoms with E-state index in [2.05, 4.69) is 41.3 Å². The van der Waals surface area contributed by atoms with Gasteiger partial charge < -0.3 is 5.73 Å². The van der Waals surface area contributed by atoms with Gasteiger partial charge in [0.1, 0.15) is 5.82 Å². The van der Waals surface area contributed by atoms with E-state index in [-0.39, 0.29) is 0 Å². The Kier molecular flexibility index (Phi) is 3.44. The Morgan fingerprint density at radius 2 is 1.94 bits per heavy atom. The normalized spacial score (nSPS) is 11.0. The Hall–Kier alpha value is -1.81. The lowest BCUT2D eigenvalue weighted by Crippen LogP contribution is -2.17. The van der Waals surface area contributed by atoms with Crippen LogP contribution < -0.4 is 5.73 Å². The first-order valence-corrected chi connectivity index (χ1v) is 5.65. The maximum absolute atomic E-state index is 5.92. The molecule has 0 aliphatic heterocycles. The van der Waals surface area contributed by atoms with E-state index >= 15 is 0 Å². The van der Waals surface area contributed by atoms with Crippen LogP contribution in [0.1, 0.15) is 11.1 Å². The summed E-state index contributed by atoms with van der Waals surface area (Å²) in [5.74, 6) is 0.741. The molecule has 2 N–H and O–H groups in total. The molecule has 0 radical (unpaired) electrons. The van der Waals surface area contributed by atoms with Gasteiger partial charge in [-0.05, 0) is 12.6 Å². The van der Waals surface area contributed by atoms with Crippen molar-refractivity contribution in [2.24, 2.45) is 7.05 Å². The van der Waals surface area contributed by atoms with Gasteiger partial charge in [-0.2, -0.15) is 5.10 Å². The fourth-order valence-electron chi connectivity index (χ4n) is 1.86. The van der Waals surface area contributed by atoms with Crippen LogP contribution in [0.25, 0.3) is 0 Å². The average molecular weight is 230 g/mol. The fourth-order valence-corrected chi connectivity index (χ4v) is 1.86. The van der Waals surface area contributed by atoms with E-state index in [9.17, 15) is 0 Å². The molecule has 0 saturated carbocycles. The van der Waals surface area contributed by atoms with Crippen LogP contribution in [0.15, 0.2) is 36.5 Å². The summed E-state index contributed by atoms with van der Waals surface area (Å²) in [5.41, 5.74) is 8.30. The van der Waals surface area contributed by atoms with E-state index in [1.807, 2.05) is 19.3 Å². The molecule has 4 heteroatoms. The van der Waals surface area contributed by atoms with Crippen molar-refractivity contribution in [1.29, 1.82) is 0 Å². The number of hydrogen-bond donors (Lipinski definition) is 1. The second kappa shape index (κ2) is 5.01. The first-order chi connectivity index (χ1) is 8.16. The first-order valence-electron chi connectivity index (χ1n) is 5.65. The van der Waals surface area contributed by atoms with Crippen LogP contribution in [-0.2, 0) is 20.1 Å². The molecule has 0 aliphatic rings. The Morgan fingerprint density at radius 1 is 1.24 bits per heavy atom. The number of anilines is 1. The summed E-state index contributed by atoms with van der Waals surface area (Å²) in [6.45, 7) is 1.73. The molecule has 0 unspecified atom stereocenters. The molecule has 90 valence electrons. The predicted octanol–water partition coefficient (Wildman–Crippen LogP) is 1.63. The highest BCUT2D eigenvalue weighted by Gasteiger charge is 2.07. The third kappa shape index (κ3) is 2.85. The Morgan fingerprint density at radius 3 is 2.53 bits per heavy atom. The number of rotatable bonds is 4. The number of benzene rings is 1. The Bertz CT molecular complexity index is 475. The number of aryl methyl sites for hydroxylation is 1. The van der Waals surface area contributed by atoms with Gasteiger partial charge in [0.05, 0.1) is 6.20 Å². The maximum Gasteiger partial charge on any atom is 0.125 e. The van der Waals surface area contributed by atoms with Gasteiger partial charge in [0.2, 0.25) is 0 Å². The number of hydrogen-bond acceptors (Lipinski definition) is 3. The second-order valence-corrected chi connectivity index (χ2v) is 4.34. The lowest BCUT2D eigenvalue weighted by atomic mass is 10.2. The van der Waals surface area contributed by atoms with Crippen LogP contribution in [0, 0.1) is 0 Å². The van der Waals surface area contributed by atoms with Crippen molar-refractivity contribution < 1.29 is 0 Å². The van der Waals surface area contributed by atoms with Gasteiger partial charge in [0.15, 0.2) is 0 Å². The van der Waals surface area contributed by atoms with Gasteiger partial charge >= 0.3 is 0 Å². The van der Waals surface area contributed by atoms with Gasteiger partial charge in [-0.3, -0.25) is 9.58 Å². The largest absolute Gasteiger partial charge is 0.384 e. The minimum absolute atomic E-state index is 0.741. The molecular formula is C13H18N4. The SMILES string of the molecule is CN(Cc1ccccc1)Cc1cnn(C)c1N. The van der Waals surface area contributed by atoms with Crippen molar-refractivity contribution in [2.75, 3.05) is 12.8 Å². The van der Waals surface area contributed by atoms with Crippen LogP contribution in [0.4, 0.5) is 5.82 Å². The average Bonchev–Trinajstić information content (AvgIpc) is 2.62. The molecule has 2 rings (SSSR count). The zero-order chi connectivity index (χ0) is 12.3. The van der Waals surface area contributed by atoms with Gasteiger partial charge in [-0.1, -0.05) is 30.3 Å². The lowest BCUT2D eigenvalue weighted by Gasteiger charge is -2.16. The number of nitrogen functional groups attached to an aromatic ring is 1. The molecule has 0 spiro atoms. The van der Waals surface area contributed by atoms with E-state index < -0.39 is 0 Å². The minimum Gasteiger partial charge on any atom is -0.384 e. The molecule has 0 amide bonds. The van der Waals surface area contributed by atoms with Gasteiger partial charge in [0.25, 0.3) is 0 Å². The summed E-state index contributed by atoms with van der Waals surface area (Å²) in [6.07, 6.45) is 1.83. The highest BCUT2D eigenvalue weighted by atomic mass is 15.3. The van der Waals surface area contributed by atoms with Crippen LogP contribution in [-0.4, -0.2) is 21.7 Å². The molecule has 0 bridgehead atoms. The summed E-state index contributed by atoms with van der Waals surface area (Å²) in [6, 6.07) is 10.4. The van der Waals surface area contributed by atoms with Crippen molar-refractivity contribution in [2.45, 2.75) is 13.1 Å². The molecule has 17 heavy (non-hydrogen) atoms. The van der Waals surface area contributed by atoms with E-state index in [0.29, 0.717) is 0 Å². The molecule has 2 aromatic rings. The van der Waals surface area contributed by atoms with E-state index in [0.717, 1.165) is 24.5 Å². The highest BCUT2D eigenvalue weighted by Crippen LogP contribution is 2.13. The van der Waals surface area contributed by atoms with Gasteiger partial charge in [-0.15, -0.1) is 0 Å². The van der Waals surface area contributed by atoms with Gasteiger partial charge in [0, 0.05) is 25.7 Å². The minimum atomic E-state index is 0.741. The third-order valence-corrected chi connectivity index (χ3v) is 2.80. The quantitative estimate of drug-likeness (QED) is 0.868. The predicted molar refractivity (Wildman–Crippen MR) is 69.2 cm³/mol. The maximum atomic E-state index is 5.92. The summed E-state index contributed by atoms with van der Waals surface area (Å²) in [5, 5.41) is 4.14. The number of nitrogens with two attached hydrogens (primary N) is 1. The lowest BCUT2D eigenvalue weighted by molar-refractivity contribution is 0.319. The molecule has 4 nitrogen and oxygen atoms in total. The summed E-state index contributed by atoms with van der Waals surface area (Å²) < 4.78 is 1.70. The first kappa shape index (κ1) is 11.7. The molecule has 1 aromatic heterocycles. The molecule has 0 aliphatic carbocycles. The molecule has 0 saturated heterocycles. The van der Waals surface area contributed by atoms with Crippen molar-refractivity contribution in [1.82, 2.24) is 14.7 Å². The van der Waals surface area contributed by atoms with Crippen molar-refractivity contribution >= 4 is 5.82 Å². The summed E-state index contributed by atoms with van der Waals surface area (Å²) >= 11 is 0. The highest BCUT2D eigenvalue weighted by molar-refractivity contribution is 5.38. The number of nitrogens with zero attached hydrogens (tertiary/aromatic N) is 3. The Labute approximate surface area is 102 Å². The van der Waals surface area contributed by atoms with E-state index in [1.165, 1.54) is 5.56 Å². The molecular weight excluding hydrogens is 212 g/mol. The van der Waals surface area contributed by atoms with Gasteiger partial charge in [-0.25, -0.2) is 0 Å². The van der Waals surface area contributed by atoms with Crippen LogP contribution in [0.3, 0.4) is 0 Å². The van der Waals surface area contributed by atoms with Crippen molar-refractivity contribution in [3.8, 4) is 0 Å². The van der Waals surface area contributed by atoms with E-state index in [4.69, 9.17) is 5.73 Å². The van der Waals surface area contributed by atoms with Crippen LogP contribution in [0.5, 0.6) is 0 Å². The molecule has 1 aromatic carbocycles. The van der Waals surface area contributed by atoms with Crippen LogP contribution in [0.2, 0.25) is 0 Å². The fraction of sp³-hybridized carbons (Fsp3) is 0.308. The Balaban J connectivity index is 1.98. The zero-order valence-electron chi connectivity index (χ0n) is 10.3. The van der Waals surface area contributed by atoms with Crippen molar-refractivity contribution in [3.63, 3.8) is 0 Å². The number of aromatic nitrogens is 2. The second-order valence-electron chi connectivity index (χ2n) is 4.34. The monoisotopic (exact) mass is 230 g/mol. The molecule has 0 atom stereocenters. The zero-order valence-corrected chi connectivity index (χ0v) is 10.3. The van der Waals surface area contributed by atoms with Crippen molar-refractivity contribution in [3.05, 3.63) is 47.7 Å². The summed E-state index contributed by atoms with van der Waals surface area (Å²) in [4.78, 5) is 2.22. The molecule has 0 fully saturated rings. The van der Waals surface area contributed by atoms with Crippen LogP contribution >= 0.6 is 0 Å². The summed E-state index contributed by atoms with van der Waals surface area (Å²) in [7, 11) is 3.94.